The number of carbonyl (C=O) groups excluding carboxylic acids is 3. The van der Waals surface area contributed by atoms with Crippen molar-refractivity contribution in [3.63, 3.8) is 0 Å². The Morgan fingerprint density at radius 1 is 1.29 bits per heavy atom. The summed E-state index contributed by atoms with van der Waals surface area (Å²) in [5.41, 5.74) is 1.05. The van der Waals surface area contributed by atoms with E-state index in [2.05, 4.69) is 6.07 Å². The molecular weight excluding hydrogens is 362 g/mol. The Morgan fingerprint density at radius 3 is 2.61 bits per heavy atom. The number of carbonyl (C=O) groups is 3. The van der Waals surface area contributed by atoms with Crippen LogP contribution < -0.4 is 0 Å². The molecule has 0 spiro atoms. The monoisotopic (exact) mass is 387 g/mol. The third-order valence-corrected chi connectivity index (χ3v) is 5.70. The van der Waals surface area contributed by atoms with E-state index in [0.29, 0.717) is 36.2 Å². The van der Waals surface area contributed by atoms with Gasteiger partial charge in [0, 0.05) is 42.3 Å². The van der Waals surface area contributed by atoms with Crippen LogP contribution in [-0.2, 0) is 23.9 Å². The van der Waals surface area contributed by atoms with Crippen molar-refractivity contribution in [1.82, 2.24) is 9.80 Å². The number of allylic oxidation sites excluding steroid dienone is 2. The van der Waals surface area contributed by atoms with Crippen LogP contribution in [0.2, 0.25) is 0 Å². The molecule has 2 heterocycles. The van der Waals surface area contributed by atoms with Crippen LogP contribution in [0.25, 0.3) is 0 Å². The molecule has 0 bridgehead atoms. The maximum Gasteiger partial charge on any atom is 0.305 e. The summed E-state index contributed by atoms with van der Waals surface area (Å²) in [4.78, 5) is 41.9. The first-order valence-corrected chi connectivity index (χ1v) is 9.42. The van der Waals surface area contributed by atoms with Crippen LogP contribution in [0.15, 0.2) is 22.5 Å². The van der Waals surface area contributed by atoms with Gasteiger partial charge in [-0.25, -0.2) is 0 Å². The van der Waals surface area contributed by atoms with E-state index in [-0.39, 0.29) is 42.4 Å². The molecule has 0 amide bonds. The lowest BCUT2D eigenvalue weighted by molar-refractivity contribution is -0.146. The van der Waals surface area contributed by atoms with Gasteiger partial charge in [-0.2, -0.15) is 5.26 Å². The predicted octanol–water partition coefficient (Wildman–Crippen LogP) is 0.589. The minimum atomic E-state index is -0.641. The van der Waals surface area contributed by atoms with E-state index in [0.717, 1.165) is 0 Å². The summed E-state index contributed by atoms with van der Waals surface area (Å²) in [7, 11) is 3.29. The van der Waals surface area contributed by atoms with Crippen molar-refractivity contribution in [3.8, 4) is 6.07 Å². The Morgan fingerprint density at radius 2 is 2.00 bits per heavy atom. The molecule has 8 nitrogen and oxygen atoms in total. The van der Waals surface area contributed by atoms with Gasteiger partial charge in [0.25, 0.3) is 0 Å². The summed E-state index contributed by atoms with van der Waals surface area (Å²) in [6.45, 7) is 4.39. The Kier molecular flexibility index (Phi) is 5.68. The second-order valence-corrected chi connectivity index (χ2v) is 7.43. The van der Waals surface area contributed by atoms with E-state index < -0.39 is 12.1 Å². The van der Waals surface area contributed by atoms with Crippen molar-refractivity contribution < 1.29 is 23.9 Å². The van der Waals surface area contributed by atoms with Crippen LogP contribution >= 0.6 is 0 Å². The fourth-order valence-corrected chi connectivity index (χ4v) is 4.43. The Labute approximate surface area is 164 Å². The minimum Gasteiger partial charge on any atom is -0.492 e. The number of nitriles is 1. The molecule has 0 saturated carbocycles. The van der Waals surface area contributed by atoms with Gasteiger partial charge in [-0.05, 0) is 20.4 Å². The second kappa shape index (κ2) is 7.86. The molecule has 28 heavy (non-hydrogen) atoms. The molecule has 3 aliphatic rings. The summed E-state index contributed by atoms with van der Waals surface area (Å²) in [6, 6.07) is 1.08. The zero-order valence-electron chi connectivity index (χ0n) is 16.7. The molecule has 1 fully saturated rings. The van der Waals surface area contributed by atoms with Crippen molar-refractivity contribution >= 4 is 17.5 Å². The molecular formula is C20H25N3O5. The smallest absolute Gasteiger partial charge is 0.305 e. The third kappa shape index (κ3) is 3.25. The number of fused-ring (bicyclic) bond motifs is 1. The van der Waals surface area contributed by atoms with E-state index in [1.807, 2.05) is 16.8 Å². The van der Waals surface area contributed by atoms with Crippen LogP contribution in [-0.4, -0.2) is 79.3 Å². The molecule has 3 atom stereocenters. The number of hydrogen-bond acceptors (Lipinski definition) is 8. The van der Waals surface area contributed by atoms with Crippen molar-refractivity contribution in [3.05, 3.63) is 22.5 Å². The Balaban J connectivity index is 2.08. The summed E-state index contributed by atoms with van der Waals surface area (Å²) in [6.07, 6.45) is 0.594. The molecule has 0 radical (unpaired) electrons. The van der Waals surface area contributed by atoms with Crippen LogP contribution in [0.4, 0.5) is 0 Å². The topological polar surface area (TPSA) is 99.9 Å². The van der Waals surface area contributed by atoms with Crippen LogP contribution in [0.3, 0.4) is 0 Å². The van der Waals surface area contributed by atoms with Gasteiger partial charge in [0.15, 0.2) is 11.5 Å². The zero-order valence-corrected chi connectivity index (χ0v) is 16.7. The second-order valence-electron chi connectivity index (χ2n) is 7.43. The number of hydrogen-bond donors (Lipinski definition) is 0. The highest BCUT2D eigenvalue weighted by Gasteiger charge is 2.49. The maximum absolute atomic E-state index is 13.2. The average Bonchev–Trinajstić information content (AvgIpc) is 2.68. The number of rotatable bonds is 4. The highest BCUT2D eigenvalue weighted by molar-refractivity contribution is 6.25. The van der Waals surface area contributed by atoms with Gasteiger partial charge in [-0.3, -0.25) is 19.3 Å². The van der Waals surface area contributed by atoms with Gasteiger partial charge in [-0.1, -0.05) is 6.92 Å². The first kappa shape index (κ1) is 20.2. The predicted molar refractivity (Wildman–Crippen MR) is 98.9 cm³/mol. The number of methoxy groups -OCH3 is 1. The normalized spacial score (nSPS) is 28.6. The lowest BCUT2D eigenvalue weighted by atomic mass is 9.77. The van der Waals surface area contributed by atoms with Gasteiger partial charge in [0.05, 0.1) is 19.2 Å². The van der Waals surface area contributed by atoms with Gasteiger partial charge >= 0.3 is 5.97 Å². The van der Waals surface area contributed by atoms with Crippen molar-refractivity contribution in [2.24, 2.45) is 0 Å². The Hall–Kier alpha value is -2.50. The van der Waals surface area contributed by atoms with Crippen LogP contribution in [0.5, 0.6) is 0 Å². The van der Waals surface area contributed by atoms with Crippen molar-refractivity contribution in [2.75, 3.05) is 33.9 Å². The van der Waals surface area contributed by atoms with E-state index in [1.54, 1.807) is 13.8 Å². The molecule has 3 rings (SSSR count). The Bertz CT molecular complexity index is 822. The summed E-state index contributed by atoms with van der Waals surface area (Å²) < 4.78 is 10.6. The number of ketones is 2. The minimum absolute atomic E-state index is 0.0247. The molecule has 1 aliphatic carbocycles. The molecule has 2 aliphatic heterocycles. The quantitative estimate of drug-likeness (QED) is 0.510. The number of esters is 1. The first-order chi connectivity index (χ1) is 13.3. The number of nitrogens with zero attached hydrogens (tertiary/aromatic N) is 3. The van der Waals surface area contributed by atoms with Crippen molar-refractivity contribution in [2.45, 2.75) is 44.8 Å². The van der Waals surface area contributed by atoms with E-state index in [9.17, 15) is 19.6 Å². The number of ether oxygens (including phenoxy) is 2. The lowest BCUT2D eigenvalue weighted by Crippen LogP contribution is -2.65. The zero-order chi connectivity index (χ0) is 20.6. The fourth-order valence-electron chi connectivity index (χ4n) is 4.43. The van der Waals surface area contributed by atoms with Crippen LogP contribution in [0, 0.1) is 11.3 Å². The van der Waals surface area contributed by atoms with Crippen LogP contribution in [0.1, 0.15) is 26.7 Å². The summed E-state index contributed by atoms with van der Waals surface area (Å²) >= 11 is 0. The highest BCUT2D eigenvalue weighted by Crippen LogP contribution is 2.39. The summed E-state index contributed by atoms with van der Waals surface area (Å²) in [5, 5.41) is 9.72. The van der Waals surface area contributed by atoms with E-state index in [4.69, 9.17) is 9.47 Å². The standard InChI is InChI=1S/C20H25N3O5/c1-5-16(24)28-10-15-17-14(18(25)11(2)20(27-4)19(17)26)6-12-8-22(3)9-13(7-21)23(12)15/h12-13,15H,5-6,8-10H2,1-4H3/t12-,13+,15+/m0/s1. The molecule has 0 N–H and O–H groups in total. The van der Waals surface area contributed by atoms with Gasteiger partial charge < -0.3 is 14.4 Å². The molecule has 8 heteroatoms. The fraction of sp³-hybridized carbons (Fsp3) is 0.600. The van der Waals surface area contributed by atoms with E-state index >= 15 is 0 Å². The number of piperazine rings is 1. The summed E-state index contributed by atoms with van der Waals surface area (Å²) in [5.74, 6) is -0.933. The molecule has 150 valence electrons. The molecule has 0 unspecified atom stereocenters. The molecule has 1 saturated heterocycles. The maximum atomic E-state index is 13.2. The first-order valence-electron chi connectivity index (χ1n) is 9.42. The largest absolute Gasteiger partial charge is 0.492 e. The van der Waals surface area contributed by atoms with E-state index in [1.165, 1.54) is 7.11 Å². The molecule has 0 aromatic carbocycles. The van der Waals surface area contributed by atoms with Gasteiger partial charge in [0.1, 0.15) is 12.6 Å². The molecule has 0 aromatic heterocycles. The molecule has 0 aromatic rings. The average molecular weight is 387 g/mol. The lowest BCUT2D eigenvalue weighted by Gasteiger charge is -2.50. The SMILES string of the molecule is CCC(=O)OC[C@@H]1C2=C(C[C@H]3CN(C)C[C@@H](C#N)N31)C(=O)C(C)=C(OC)C2=O. The third-order valence-electron chi connectivity index (χ3n) is 5.70. The highest BCUT2D eigenvalue weighted by atomic mass is 16.5. The number of Topliss-reactive ketones (excluding diaryl/α,β-unsaturated/α-hetero) is 2. The number of likely N-dealkylation sites (N-methyl/N-ethyl adjacent to an activating group) is 1. The van der Waals surface area contributed by atoms with Gasteiger partial charge in [0.2, 0.25) is 5.78 Å². The van der Waals surface area contributed by atoms with Crippen molar-refractivity contribution in [1.29, 1.82) is 5.26 Å². The van der Waals surface area contributed by atoms with Gasteiger partial charge in [-0.15, -0.1) is 0 Å².